The zero-order valence-corrected chi connectivity index (χ0v) is 12.1. The molecule has 2 unspecified atom stereocenters. The van der Waals surface area contributed by atoms with Crippen LogP contribution in [0.1, 0.15) is 31.4 Å². The zero-order chi connectivity index (χ0) is 14.3. The molecule has 1 aromatic rings. The van der Waals surface area contributed by atoms with E-state index < -0.39 is 0 Å². The number of nitrogens with one attached hydrogen (secondary N) is 1. The predicted molar refractivity (Wildman–Crippen MR) is 77.1 cm³/mol. The Kier molecular flexibility index (Phi) is 6.84. The van der Waals surface area contributed by atoms with Gasteiger partial charge in [-0.2, -0.15) is 0 Å². The molecule has 0 heterocycles. The number of carbonyl (C=O) groups is 1. The summed E-state index contributed by atoms with van der Waals surface area (Å²) >= 11 is 5.94. The summed E-state index contributed by atoms with van der Waals surface area (Å²) in [4.78, 5) is 11.6. The van der Waals surface area contributed by atoms with E-state index >= 15 is 0 Å². The Morgan fingerprint density at radius 1 is 1.53 bits per heavy atom. The van der Waals surface area contributed by atoms with Crippen LogP contribution in [0.4, 0.5) is 0 Å². The molecular formula is C14H21ClN2O2. The quantitative estimate of drug-likeness (QED) is 0.807. The van der Waals surface area contributed by atoms with E-state index in [4.69, 9.17) is 22.1 Å². The molecule has 19 heavy (non-hydrogen) atoms. The van der Waals surface area contributed by atoms with Crippen LogP contribution >= 0.6 is 11.6 Å². The standard InChI is InChI=1S/C14H21ClN2O2/c1-10(16)6-7-14(18)17-9-13(19-2)11-4-3-5-12(15)8-11/h3-5,8,10,13H,6-7,9,16H2,1-2H3,(H,17,18). The van der Waals surface area contributed by atoms with Crippen molar-refractivity contribution in [2.24, 2.45) is 5.73 Å². The first kappa shape index (κ1) is 16.0. The highest BCUT2D eigenvalue weighted by Gasteiger charge is 2.12. The minimum atomic E-state index is -0.196. The van der Waals surface area contributed by atoms with Gasteiger partial charge in [0, 0.05) is 31.1 Å². The Morgan fingerprint density at radius 2 is 2.26 bits per heavy atom. The fourth-order valence-corrected chi connectivity index (χ4v) is 1.90. The van der Waals surface area contributed by atoms with Gasteiger partial charge >= 0.3 is 0 Å². The fourth-order valence-electron chi connectivity index (χ4n) is 1.70. The molecular weight excluding hydrogens is 264 g/mol. The minimum absolute atomic E-state index is 0.0126. The Hall–Kier alpha value is -1.10. The summed E-state index contributed by atoms with van der Waals surface area (Å²) in [6.45, 7) is 2.31. The van der Waals surface area contributed by atoms with Crippen molar-refractivity contribution in [3.63, 3.8) is 0 Å². The van der Waals surface area contributed by atoms with Gasteiger partial charge in [0.1, 0.15) is 0 Å². The Labute approximate surface area is 119 Å². The van der Waals surface area contributed by atoms with Gasteiger partial charge in [-0.15, -0.1) is 0 Å². The normalized spacial score (nSPS) is 13.9. The number of carbonyl (C=O) groups excluding carboxylic acids is 1. The van der Waals surface area contributed by atoms with Crippen LogP contribution in [0, 0.1) is 0 Å². The van der Waals surface area contributed by atoms with Crippen molar-refractivity contribution < 1.29 is 9.53 Å². The van der Waals surface area contributed by atoms with Crippen molar-refractivity contribution in [3.8, 4) is 0 Å². The molecule has 0 radical (unpaired) electrons. The van der Waals surface area contributed by atoms with E-state index in [-0.39, 0.29) is 18.1 Å². The number of hydrogen-bond donors (Lipinski definition) is 2. The lowest BCUT2D eigenvalue weighted by atomic mass is 10.1. The minimum Gasteiger partial charge on any atom is -0.375 e. The number of nitrogens with two attached hydrogens (primary N) is 1. The Morgan fingerprint density at radius 3 is 2.84 bits per heavy atom. The van der Waals surface area contributed by atoms with Gasteiger partial charge in [0.2, 0.25) is 5.91 Å². The zero-order valence-electron chi connectivity index (χ0n) is 11.4. The average molecular weight is 285 g/mol. The second kappa shape index (κ2) is 8.15. The molecule has 2 atom stereocenters. The van der Waals surface area contributed by atoms with Crippen molar-refractivity contribution in [2.75, 3.05) is 13.7 Å². The largest absolute Gasteiger partial charge is 0.375 e. The Bertz CT molecular complexity index is 410. The van der Waals surface area contributed by atoms with E-state index in [0.717, 1.165) is 5.56 Å². The second-order valence-electron chi connectivity index (χ2n) is 4.60. The molecule has 5 heteroatoms. The maximum absolute atomic E-state index is 11.6. The van der Waals surface area contributed by atoms with Gasteiger partial charge in [0.05, 0.1) is 6.10 Å². The van der Waals surface area contributed by atoms with Crippen LogP contribution in [-0.2, 0) is 9.53 Å². The van der Waals surface area contributed by atoms with Crippen molar-refractivity contribution in [1.82, 2.24) is 5.32 Å². The lowest BCUT2D eigenvalue weighted by molar-refractivity contribution is -0.121. The van der Waals surface area contributed by atoms with Gasteiger partial charge in [-0.3, -0.25) is 4.79 Å². The van der Waals surface area contributed by atoms with E-state index in [9.17, 15) is 4.79 Å². The monoisotopic (exact) mass is 284 g/mol. The third-order valence-corrected chi connectivity index (χ3v) is 3.05. The smallest absolute Gasteiger partial charge is 0.220 e. The van der Waals surface area contributed by atoms with E-state index in [1.807, 2.05) is 25.1 Å². The van der Waals surface area contributed by atoms with Gasteiger partial charge in [-0.25, -0.2) is 0 Å². The van der Waals surface area contributed by atoms with E-state index in [1.165, 1.54) is 0 Å². The second-order valence-corrected chi connectivity index (χ2v) is 5.04. The van der Waals surface area contributed by atoms with Crippen LogP contribution in [-0.4, -0.2) is 25.6 Å². The fraction of sp³-hybridized carbons (Fsp3) is 0.500. The molecule has 0 saturated carbocycles. The maximum Gasteiger partial charge on any atom is 0.220 e. The number of methoxy groups -OCH3 is 1. The summed E-state index contributed by atoms with van der Waals surface area (Å²) in [5.41, 5.74) is 6.56. The molecule has 0 saturated heterocycles. The molecule has 106 valence electrons. The molecule has 0 aliphatic heterocycles. The van der Waals surface area contributed by atoms with Gasteiger partial charge in [0.25, 0.3) is 0 Å². The molecule has 0 bridgehead atoms. The molecule has 0 fully saturated rings. The number of ether oxygens (including phenoxy) is 1. The number of amides is 1. The first-order valence-electron chi connectivity index (χ1n) is 6.33. The highest BCUT2D eigenvalue weighted by molar-refractivity contribution is 6.30. The van der Waals surface area contributed by atoms with Crippen LogP contribution < -0.4 is 11.1 Å². The summed E-state index contributed by atoms with van der Waals surface area (Å²) in [5, 5.41) is 3.50. The van der Waals surface area contributed by atoms with Crippen LogP contribution in [0.25, 0.3) is 0 Å². The molecule has 3 N–H and O–H groups in total. The lowest BCUT2D eigenvalue weighted by Crippen LogP contribution is -2.30. The van der Waals surface area contributed by atoms with Gasteiger partial charge in [0.15, 0.2) is 0 Å². The van der Waals surface area contributed by atoms with Gasteiger partial charge in [-0.05, 0) is 31.0 Å². The number of rotatable bonds is 7. The molecule has 0 spiro atoms. The highest BCUT2D eigenvalue weighted by Crippen LogP contribution is 2.19. The molecule has 1 rings (SSSR count). The summed E-state index contributed by atoms with van der Waals surface area (Å²) < 4.78 is 5.37. The van der Waals surface area contributed by atoms with Crippen molar-refractivity contribution in [1.29, 1.82) is 0 Å². The van der Waals surface area contributed by atoms with Crippen LogP contribution in [0.2, 0.25) is 5.02 Å². The first-order chi connectivity index (χ1) is 9.02. The molecule has 4 nitrogen and oxygen atoms in total. The van der Waals surface area contributed by atoms with E-state index in [0.29, 0.717) is 24.4 Å². The summed E-state index contributed by atoms with van der Waals surface area (Å²) in [5.74, 6) is -0.0126. The highest BCUT2D eigenvalue weighted by atomic mass is 35.5. The topological polar surface area (TPSA) is 64.3 Å². The maximum atomic E-state index is 11.6. The number of halogens is 1. The molecule has 1 amide bonds. The van der Waals surface area contributed by atoms with E-state index in [2.05, 4.69) is 5.32 Å². The third kappa shape index (κ3) is 6.05. The number of hydrogen-bond acceptors (Lipinski definition) is 3. The third-order valence-electron chi connectivity index (χ3n) is 2.82. The number of benzene rings is 1. The summed E-state index contributed by atoms with van der Waals surface area (Å²) in [6, 6.07) is 7.47. The van der Waals surface area contributed by atoms with Gasteiger partial charge < -0.3 is 15.8 Å². The van der Waals surface area contributed by atoms with Crippen LogP contribution in [0.3, 0.4) is 0 Å². The predicted octanol–water partition coefficient (Wildman–Crippen LogP) is 2.27. The van der Waals surface area contributed by atoms with Crippen LogP contribution in [0.5, 0.6) is 0 Å². The van der Waals surface area contributed by atoms with Crippen LogP contribution in [0.15, 0.2) is 24.3 Å². The lowest BCUT2D eigenvalue weighted by Gasteiger charge is -2.17. The molecule has 0 aliphatic carbocycles. The SMILES string of the molecule is COC(CNC(=O)CCC(C)N)c1cccc(Cl)c1. The first-order valence-corrected chi connectivity index (χ1v) is 6.71. The van der Waals surface area contributed by atoms with Gasteiger partial charge in [-0.1, -0.05) is 23.7 Å². The van der Waals surface area contributed by atoms with Crippen molar-refractivity contribution in [3.05, 3.63) is 34.9 Å². The van der Waals surface area contributed by atoms with E-state index in [1.54, 1.807) is 13.2 Å². The van der Waals surface area contributed by atoms with Crippen molar-refractivity contribution in [2.45, 2.75) is 31.9 Å². The average Bonchev–Trinajstić information content (AvgIpc) is 2.37. The summed E-state index contributed by atoms with van der Waals surface area (Å²) in [6.07, 6.45) is 0.919. The summed E-state index contributed by atoms with van der Waals surface area (Å²) in [7, 11) is 1.61. The molecule has 0 aliphatic rings. The molecule has 1 aromatic carbocycles. The molecule has 0 aromatic heterocycles. The van der Waals surface area contributed by atoms with Crippen molar-refractivity contribution >= 4 is 17.5 Å². The Balaban J connectivity index is 2.47.